The summed E-state index contributed by atoms with van der Waals surface area (Å²) in [7, 11) is 0. The van der Waals surface area contributed by atoms with Crippen LogP contribution in [0.1, 0.15) is 46.1 Å². The molecule has 0 spiro atoms. The second-order valence-electron chi connectivity index (χ2n) is 6.73. The molecule has 1 aliphatic rings. The molecule has 118 valence electrons. The van der Waals surface area contributed by atoms with E-state index in [1.165, 1.54) is 11.3 Å². The van der Waals surface area contributed by atoms with E-state index in [0.717, 1.165) is 51.5 Å². The minimum Gasteiger partial charge on any atom is -0.493 e. The predicted molar refractivity (Wildman–Crippen MR) is 88.6 cm³/mol. The number of nitrogens with zero attached hydrogens (tertiary/aromatic N) is 1. The van der Waals surface area contributed by atoms with E-state index in [4.69, 9.17) is 9.47 Å². The van der Waals surface area contributed by atoms with E-state index in [-0.39, 0.29) is 5.41 Å². The van der Waals surface area contributed by atoms with Crippen molar-refractivity contribution < 1.29 is 9.47 Å². The van der Waals surface area contributed by atoms with E-state index in [2.05, 4.69) is 50.8 Å². The maximum Gasteiger partial charge on any atom is 0.125 e. The second-order valence-corrected chi connectivity index (χ2v) is 6.73. The zero-order valence-electron chi connectivity index (χ0n) is 13.9. The predicted octanol–water partition coefficient (Wildman–Crippen LogP) is 4.00. The van der Waals surface area contributed by atoms with Crippen LogP contribution in [-0.2, 0) is 10.2 Å². The fourth-order valence-electron chi connectivity index (χ4n) is 2.59. The summed E-state index contributed by atoms with van der Waals surface area (Å²) in [5, 5.41) is 0. The molecule has 0 aliphatic carbocycles. The van der Waals surface area contributed by atoms with E-state index < -0.39 is 0 Å². The molecular formula is C18H29NO2. The summed E-state index contributed by atoms with van der Waals surface area (Å²) in [5.41, 5.74) is 2.64. The van der Waals surface area contributed by atoms with Gasteiger partial charge in [-0.15, -0.1) is 0 Å². The fraction of sp³-hybridized carbons (Fsp3) is 0.667. The molecule has 0 radical (unpaired) electrons. The number of hydrogen-bond acceptors (Lipinski definition) is 3. The molecular weight excluding hydrogens is 262 g/mol. The molecule has 1 saturated heterocycles. The van der Waals surface area contributed by atoms with Gasteiger partial charge < -0.3 is 14.4 Å². The van der Waals surface area contributed by atoms with Crippen LogP contribution >= 0.6 is 0 Å². The summed E-state index contributed by atoms with van der Waals surface area (Å²) in [6.07, 6.45) is 2.26. The Morgan fingerprint density at radius 2 is 1.90 bits per heavy atom. The number of anilines is 1. The van der Waals surface area contributed by atoms with Crippen LogP contribution in [0.25, 0.3) is 0 Å². The molecule has 21 heavy (non-hydrogen) atoms. The van der Waals surface area contributed by atoms with E-state index in [9.17, 15) is 0 Å². The van der Waals surface area contributed by atoms with Crippen molar-refractivity contribution in [3.8, 4) is 5.75 Å². The second kappa shape index (κ2) is 7.17. The van der Waals surface area contributed by atoms with Gasteiger partial charge in [0.05, 0.1) is 19.8 Å². The SMILES string of the molecule is CCCCOc1cc(N2CCOCC2)ccc1C(C)(C)C. The molecule has 3 heteroatoms. The highest BCUT2D eigenvalue weighted by Crippen LogP contribution is 2.34. The minimum absolute atomic E-state index is 0.102. The quantitative estimate of drug-likeness (QED) is 0.765. The van der Waals surface area contributed by atoms with Crippen LogP contribution in [0.4, 0.5) is 5.69 Å². The Kier molecular flexibility index (Phi) is 5.51. The summed E-state index contributed by atoms with van der Waals surface area (Å²) < 4.78 is 11.5. The molecule has 1 heterocycles. The lowest BCUT2D eigenvalue weighted by atomic mass is 9.86. The normalized spacial score (nSPS) is 16.1. The Morgan fingerprint density at radius 1 is 1.19 bits per heavy atom. The van der Waals surface area contributed by atoms with Crippen molar-refractivity contribution in [3.05, 3.63) is 23.8 Å². The number of benzene rings is 1. The van der Waals surface area contributed by atoms with Crippen molar-refractivity contribution in [2.24, 2.45) is 0 Å². The van der Waals surface area contributed by atoms with Crippen LogP contribution in [0.15, 0.2) is 18.2 Å². The Labute approximate surface area is 129 Å². The summed E-state index contributed by atoms with van der Waals surface area (Å²) in [5.74, 6) is 1.04. The molecule has 1 aromatic rings. The summed E-state index contributed by atoms with van der Waals surface area (Å²) in [6, 6.07) is 6.66. The molecule has 0 bridgehead atoms. The van der Waals surface area contributed by atoms with Crippen molar-refractivity contribution in [3.63, 3.8) is 0 Å². The Balaban J connectivity index is 2.22. The highest BCUT2D eigenvalue weighted by atomic mass is 16.5. The van der Waals surface area contributed by atoms with E-state index >= 15 is 0 Å². The van der Waals surface area contributed by atoms with Crippen LogP contribution in [-0.4, -0.2) is 32.9 Å². The van der Waals surface area contributed by atoms with Gasteiger partial charge in [-0.1, -0.05) is 40.2 Å². The lowest BCUT2D eigenvalue weighted by Gasteiger charge is -2.30. The van der Waals surface area contributed by atoms with Crippen molar-refractivity contribution >= 4 is 5.69 Å². The van der Waals surface area contributed by atoms with Gasteiger partial charge in [0.25, 0.3) is 0 Å². The third-order valence-corrected chi connectivity index (χ3v) is 3.90. The zero-order valence-corrected chi connectivity index (χ0v) is 13.9. The molecule has 1 aliphatic heterocycles. The van der Waals surface area contributed by atoms with Gasteiger partial charge >= 0.3 is 0 Å². The standard InChI is InChI=1S/C18H29NO2/c1-5-6-11-21-17-14-15(19-9-12-20-13-10-19)7-8-16(17)18(2,3)4/h7-8,14H,5-6,9-13H2,1-4H3. The smallest absolute Gasteiger partial charge is 0.125 e. The Morgan fingerprint density at radius 3 is 2.52 bits per heavy atom. The van der Waals surface area contributed by atoms with Crippen molar-refractivity contribution in [2.75, 3.05) is 37.8 Å². The minimum atomic E-state index is 0.102. The lowest BCUT2D eigenvalue weighted by molar-refractivity contribution is 0.122. The van der Waals surface area contributed by atoms with Gasteiger partial charge in [-0.05, 0) is 23.5 Å². The molecule has 3 nitrogen and oxygen atoms in total. The van der Waals surface area contributed by atoms with Crippen LogP contribution in [0, 0.1) is 0 Å². The van der Waals surface area contributed by atoms with Gasteiger partial charge in [-0.25, -0.2) is 0 Å². The maximum absolute atomic E-state index is 6.08. The van der Waals surface area contributed by atoms with E-state index in [1.54, 1.807) is 0 Å². The van der Waals surface area contributed by atoms with Crippen LogP contribution in [0.2, 0.25) is 0 Å². The van der Waals surface area contributed by atoms with Crippen LogP contribution in [0.5, 0.6) is 5.75 Å². The topological polar surface area (TPSA) is 21.7 Å². The molecule has 2 rings (SSSR count). The van der Waals surface area contributed by atoms with Gasteiger partial charge in [-0.3, -0.25) is 0 Å². The Hall–Kier alpha value is -1.22. The largest absolute Gasteiger partial charge is 0.493 e. The molecule has 0 aromatic heterocycles. The number of ether oxygens (including phenoxy) is 2. The first kappa shape index (κ1) is 16.2. The van der Waals surface area contributed by atoms with Crippen LogP contribution in [0.3, 0.4) is 0 Å². The average molecular weight is 291 g/mol. The van der Waals surface area contributed by atoms with Crippen molar-refractivity contribution in [2.45, 2.75) is 46.0 Å². The number of morpholine rings is 1. The monoisotopic (exact) mass is 291 g/mol. The van der Waals surface area contributed by atoms with Gasteiger partial charge in [0.1, 0.15) is 5.75 Å². The average Bonchev–Trinajstić information content (AvgIpc) is 2.47. The molecule has 0 atom stereocenters. The fourth-order valence-corrected chi connectivity index (χ4v) is 2.59. The highest BCUT2D eigenvalue weighted by molar-refractivity contribution is 5.55. The first-order chi connectivity index (χ1) is 10.0. The van der Waals surface area contributed by atoms with Crippen molar-refractivity contribution in [1.82, 2.24) is 0 Å². The summed E-state index contributed by atoms with van der Waals surface area (Å²) >= 11 is 0. The van der Waals surface area contributed by atoms with Gasteiger partial charge in [-0.2, -0.15) is 0 Å². The third kappa shape index (κ3) is 4.37. The van der Waals surface area contributed by atoms with Crippen LogP contribution < -0.4 is 9.64 Å². The first-order valence-electron chi connectivity index (χ1n) is 8.12. The van der Waals surface area contributed by atoms with E-state index in [1.807, 2.05) is 0 Å². The molecule has 0 amide bonds. The lowest BCUT2D eigenvalue weighted by Crippen LogP contribution is -2.36. The van der Waals surface area contributed by atoms with Crippen molar-refractivity contribution in [1.29, 1.82) is 0 Å². The summed E-state index contributed by atoms with van der Waals surface area (Å²) in [4.78, 5) is 2.38. The summed E-state index contributed by atoms with van der Waals surface area (Å²) in [6.45, 7) is 13.3. The molecule has 0 saturated carbocycles. The zero-order chi connectivity index (χ0) is 15.3. The molecule has 0 N–H and O–H groups in total. The molecule has 1 fully saturated rings. The number of unbranched alkanes of at least 4 members (excludes halogenated alkanes) is 1. The maximum atomic E-state index is 6.08. The molecule has 0 unspecified atom stereocenters. The first-order valence-corrected chi connectivity index (χ1v) is 8.12. The molecule has 1 aromatic carbocycles. The van der Waals surface area contributed by atoms with Gasteiger partial charge in [0, 0.05) is 24.8 Å². The third-order valence-electron chi connectivity index (χ3n) is 3.90. The van der Waals surface area contributed by atoms with Gasteiger partial charge in [0.15, 0.2) is 0 Å². The van der Waals surface area contributed by atoms with E-state index in [0.29, 0.717) is 0 Å². The highest BCUT2D eigenvalue weighted by Gasteiger charge is 2.21. The Bertz CT molecular complexity index is 445. The van der Waals surface area contributed by atoms with Gasteiger partial charge in [0.2, 0.25) is 0 Å². The number of hydrogen-bond donors (Lipinski definition) is 0. The number of rotatable bonds is 5.